The molecule has 1 saturated heterocycles. The number of hydrogen-bond donors (Lipinski definition) is 1. The van der Waals surface area contributed by atoms with E-state index in [4.69, 9.17) is 9.72 Å². The molecule has 0 bridgehead atoms. The second kappa shape index (κ2) is 7.16. The van der Waals surface area contributed by atoms with Crippen LogP contribution in [0.3, 0.4) is 0 Å². The summed E-state index contributed by atoms with van der Waals surface area (Å²) in [4.78, 5) is 22.0. The van der Waals surface area contributed by atoms with Gasteiger partial charge in [-0.2, -0.15) is 0 Å². The average molecular weight is 351 g/mol. The smallest absolute Gasteiger partial charge is 0.316 e. The van der Waals surface area contributed by atoms with Gasteiger partial charge in [0.15, 0.2) is 0 Å². The van der Waals surface area contributed by atoms with E-state index in [-0.39, 0.29) is 5.97 Å². The van der Waals surface area contributed by atoms with E-state index in [0.717, 1.165) is 48.4 Å². The number of nitrogens with one attached hydrogen (secondary N) is 1. The first-order valence-corrected chi connectivity index (χ1v) is 9.54. The molecular weight excluding hydrogens is 326 g/mol. The SMILES string of the molecule is CCOC(=O)C1(c2ccc(-c3cccnc3C3CC3)nc2)CCNCC1. The number of pyridine rings is 2. The van der Waals surface area contributed by atoms with Crippen molar-refractivity contribution >= 4 is 5.97 Å². The molecule has 1 N–H and O–H groups in total. The Hall–Kier alpha value is -2.27. The van der Waals surface area contributed by atoms with E-state index in [9.17, 15) is 4.79 Å². The second-order valence-electron chi connectivity index (χ2n) is 7.20. The van der Waals surface area contributed by atoms with E-state index in [2.05, 4.69) is 16.4 Å². The molecule has 26 heavy (non-hydrogen) atoms. The molecule has 5 heteroatoms. The van der Waals surface area contributed by atoms with Crippen LogP contribution in [0.5, 0.6) is 0 Å². The number of esters is 1. The molecule has 0 atom stereocenters. The molecule has 1 saturated carbocycles. The Labute approximate surface area is 154 Å². The molecule has 0 aromatic carbocycles. The normalized spacial score (nSPS) is 19.1. The zero-order valence-electron chi connectivity index (χ0n) is 15.2. The minimum atomic E-state index is -0.582. The average Bonchev–Trinajstić information content (AvgIpc) is 3.54. The summed E-state index contributed by atoms with van der Waals surface area (Å²) in [5.41, 5.74) is 3.56. The first-order valence-electron chi connectivity index (χ1n) is 9.54. The first kappa shape index (κ1) is 17.2. The van der Waals surface area contributed by atoms with Crippen molar-refractivity contribution in [3.63, 3.8) is 0 Å². The molecule has 0 spiro atoms. The zero-order chi connectivity index (χ0) is 18.0. The summed E-state index contributed by atoms with van der Waals surface area (Å²) in [5.74, 6) is 0.444. The fraction of sp³-hybridized carbons (Fsp3) is 0.476. The monoisotopic (exact) mass is 351 g/mol. The molecule has 136 valence electrons. The Morgan fingerprint density at radius 1 is 1.23 bits per heavy atom. The van der Waals surface area contributed by atoms with E-state index in [1.54, 1.807) is 0 Å². The van der Waals surface area contributed by atoms with E-state index in [1.807, 2.05) is 37.5 Å². The van der Waals surface area contributed by atoms with Crippen LogP contribution in [0.4, 0.5) is 0 Å². The maximum Gasteiger partial charge on any atom is 0.316 e. The molecule has 2 aliphatic rings. The number of carbonyl (C=O) groups excluding carboxylic acids is 1. The first-order chi connectivity index (χ1) is 12.7. The van der Waals surface area contributed by atoms with Gasteiger partial charge < -0.3 is 10.1 Å². The van der Waals surface area contributed by atoms with Crippen LogP contribution in [0.15, 0.2) is 36.7 Å². The third-order valence-electron chi connectivity index (χ3n) is 5.52. The van der Waals surface area contributed by atoms with Gasteiger partial charge in [0.05, 0.1) is 23.4 Å². The molecule has 5 nitrogen and oxygen atoms in total. The number of ether oxygens (including phenoxy) is 1. The van der Waals surface area contributed by atoms with Crippen LogP contribution in [0.2, 0.25) is 0 Å². The van der Waals surface area contributed by atoms with E-state index in [0.29, 0.717) is 12.5 Å². The highest BCUT2D eigenvalue weighted by atomic mass is 16.5. The Kier molecular flexibility index (Phi) is 4.72. The van der Waals surface area contributed by atoms with Crippen LogP contribution in [-0.2, 0) is 14.9 Å². The van der Waals surface area contributed by atoms with Crippen LogP contribution in [0, 0.1) is 0 Å². The number of hydrogen-bond acceptors (Lipinski definition) is 5. The summed E-state index contributed by atoms with van der Waals surface area (Å²) in [6.07, 6.45) is 7.62. The Balaban J connectivity index is 1.67. The topological polar surface area (TPSA) is 64.1 Å². The number of nitrogens with zero attached hydrogens (tertiary/aromatic N) is 2. The fourth-order valence-electron chi connectivity index (χ4n) is 3.89. The predicted octanol–water partition coefficient (Wildman–Crippen LogP) is 3.21. The van der Waals surface area contributed by atoms with Crippen LogP contribution < -0.4 is 5.32 Å². The Morgan fingerprint density at radius 3 is 2.69 bits per heavy atom. The van der Waals surface area contributed by atoms with Crippen molar-refractivity contribution in [3.8, 4) is 11.3 Å². The van der Waals surface area contributed by atoms with Crippen molar-refractivity contribution in [1.82, 2.24) is 15.3 Å². The van der Waals surface area contributed by atoms with Crippen molar-refractivity contribution in [2.75, 3.05) is 19.7 Å². The van der Waals surface area contributed by atoms with Gasteiger partial charge in [-0.25, -0.2) is 0 Å². The van der Waals surface area contributed by atoms with Gasteiger partial charge in [-0.1, -0.05) is 6.07 Å². The Bertz CT molecular complexity index is 778. The van der Waals surface area contributed by atoms with Gasteiger partial charge in [-0.3, -0.25) is 14.8 Å². The predicted molar refractivity (Wildman–Crippen MR) is 99.9 cm³/mol. The van der Waals surface area contributed by atoms with E-state index < -0.39 is 5.41 Å². The lowest BCUT2D eigenvalue weighted by Gasteiger charge is -2.35. The van der Waals surface area contributed by atoms with Crippen LogP contribution >= 0.6 is 0 Å². The second-order valence-corrected chi connectivity index (χ2v) is 7.20. The van der Waals surface area contributed by atoms with Gasteiger partial charge >= 0.3 is 5.97 Å². The summed E-state index contributed by atoms with van der Waals surface area (Å²) in [6, 6.07) is 8.13. The van der Waals surface area contributed by atoms with Crippen molar-refractivity contribution < 1.29 is 9.53 Å². The quantitative estimate of drug-likeness (QED) is 0.838. The maximum atomic E-state index is 12.7. The van der Waals surface area contributed by atoms with Crippen molar-refractivity contribution in [3.05, 3.63) is 47.9 Å². The lowest BCUT2D eigenvalue weighted by atomic mass is 9.73. The summed E-state index contributed by atoms with van der Waals surface area (Å²) >= 11 is 0. The van der Waals surface area contributed by atoms with Crippen LogP contribution in [0.1, 0.15) is 49.8 Å². The number of piperidine rings is 1. The molecule has 1 aliphatic heterocycles. The third kappa shape index (κ3) is 3.12. The van der Waals surface area contributed by atoms with Crippen LogP contribution in [-0.4, -0.2) is 35.6 Å². The molecule has 1 aliphatic carbocycles. The van der Waals surface area contributed by atoms with Gasteiger partial charge in [0.2, 0.25) is 0 Å². The van der Waals surface area contributed by atoms with E-state index in [1.165, 1.54) is 12.8 Å². The van der Waals surface area contributed by atoms with Gasteiger partial charge in [-0.05, 0) is 69.5 Å². The van der Waals surface area contributed by atoms with Gasteiger partial charge in [0.25, 0.3) is 0 Å². The summed E-state index contributed by atoms with van der Waals surface area (Å²) in [5, 5.41) is 3.33. The fourth-order valence-corrected chi connectivity index (χ4v) is 3.89. The summed E-state index contributed by atoms with van der Waals surface area (Å²) in [6.45, 7) is 3.89. The lowest BCUT2D eigenvalue weighted by Crippen LogP contribution is -2.46. The van der Waals surface area contributed by atoms with Crippen molar-refractivity contribution in [2.45, 2.75) is 43.9 Å². The number of aromatic nitrogens is 2. The Morgan fingerprint density at radius 2 is 2.04 bits per heavy atom. The molecule has 3 heterocycles. The molecule has 2 fully saturated rings. The van der Waals surface area contributed by atoms with Crippen LogP contribution in [0.25, 0.3) is 11.3 Å². The minimum absolute atomic E-state index is 0.129. The highest BCUT2D eigenvalue weighted by molar-refractivity contribution is 5.83. The zero-order valence-corrected chi connectivity index (χ0v) is 15.2. The molecular formula is C21H25N3O2. The lowest BCUT2D eigenvalue weighted by molar-refractivity contribution is -0.151. The molecule has 0 unspecified atom stereocenters. The standard InChI is InChI=1S/C21H25N3O2/c1-2-26-20(25)21(9-12-22-13-10-21)16-7-8-18(24-14-16)17-4-3-11-23-19(17)15-5-6-15/h3-4,7-8,11,14-15,22H,2,5-6,9-10,12-13H2,1H3. The molecule has 0 amide bonds. The largest absolute Gasteiger partial charge is 0.465 e. The minimum Gasteiger partial charge on any atom is -0.465 e. The molecule has 0 radical (unpaired) electrons. The van der Waals surface area contributed by atoms with E-state index >= 15 is 0 Å². The van der Waals surface area contributed by atoms with Crippen molar-refractivity contribution in [1.29, 1.82) is 0 Å². The number of rotatable bonds is 5. The number of carbonyl (C=O) groups is 1. The molecule has 2 aromatic rings. The van der Waals surface area contributed by atoms with Gasteiger partial charge in [0.1, 0.15) is 0 Å². The summed E-state index contributed by atoms with van der Waals surface area (Å²) in [7, 11) is 0. The molecule has 4 rings (SSSR count). The third-order valence-corrected chi connectivity index (χ3v) is 5.52. The molecule has 2 aromatic heterocycles. The highest BCUT2D eigenvalue weighted by Crippen LogP contribution is 2.43. The van der Waals surface area contributed by atoms with Crippen molar-refractivity contribution in [2.24, 2.45) is 0 Å². The van der Waals surface area contributed by atoms with Gasteiger partial charge in [-0.15, -0.1) is 0 Å². The maximum absolute atomic E-state index is 12.7. The summed E-state index contributed by atoms with van der Waals surface area (Å²) < 4.78 is 5.41. The van der Waals surface area contributed by atoms with Gasteiger partial charge in [0, 0.05) is 23.9 Å². The highest BCUT2D eigenvalue weighted by Gasteiger charge is 2.43.